The molecule has 0 fully saturated rings. The number of hydrogen-bond acceptors (Lipinski definition) is 0. The lowest BCUT2D eigenvalue weighted by molar-refractivity contribution is 1.79. The summed E-state index contributed by atoms with van der Waals surface area (Å²) in [5.41, 5.74) is 0. The van der Waals surface area contributed by atoms with Crippen LogP contribution in [0.5, 0.6) is 0 Å². The molecule has 0 nitrogen and oxygen atoms in total. The van der Waals surface area contributed by atoms with Crippen molar-refractivity contribution in [1.82, 2.24) is 0 Å². The van der Waals surface area contributed by atoms with Crippen molar-refractivity contribution in [2.45, 2.75) is 0 Å². The van der Waals surface area contributed by atoms with E-state index in [1.165, 1.54) is 86.2 Å². The highest BCUT2D eigenvalue weighted by Gasteiger charge is 2.13. The molecule has 36 heavy (non-hydrogen) atoms. The first-order chi connectivity index (χ1) is 17.8. The Balaban J connectivity index is 1.43. The van der Waals surface area contributed by atoms with Crippen LogP contribution < -0.4 is 0 Å². The van der Waals surface area contributed by atoms with Crippen LogP contribution in [0, 0.1) is 0 Å². The van der Waals surface area contributed by atoms with E-state index in [0.29, 0.717) is 0 Å². The van der Waals surface area contributed by atoms with Gasteiger partial charge in [0.05, 0.1) is 0 Å². The van der Waals surface area contributed by atoms with Crippen LogP contribution in [0.3, 0.4) is 0 Å². The molecule has 0 saturated heterocycles. The van der Waals surface area contributed by atoms with Gasteiger partial charge in [0.25, 0.3) is 0 Å². The van der Waals surface area contributed by atoms with Crippen molar-refractivity contribution < 1.29 is 0 Å². The summed E-state index contributed by atoms with van der Waals surface area (Å²) in [6, 6.07) is 45.4. The third-order valence-electron chi connectivity index (χ3n) is 8.32. The Morgan fingerprint density at radius 1 is 0.222 bits per heavy atom. The third-order valence-corrected chi connectivity index (χ3v) is 8.32. The molecule has 0 saturated carbocycles. The number of rotatable bonds is 0. The first-order valence-corrected chi connectivity index (χ1v) is 12.6. The van der Waals surface area contributed by atoms with E-state index < -0.39 is 0 Å². The summed E-state index contributed by atoms with van der Waals surface area (Å²) in [5, 5.41) is 21.2. The predicted octanol–water partition coefficient (Wildman–Crippen LogP) is 10.3. The lowest BCUT2D eigenvalue weighted by Gasteiger charge is -2.15. The molecule has 0 heteroatoms. The molecule has 9 aromatic carbocycles. The molecule has 0 aliphatic rings. The number of fused-ring (bicyclic) bond motifs is 9. The number of benzene rings is 9. The zero-order valence-corrected chi connectivity index (χ0v) is 19.5. The summed E-state index contributed by atoms with van der Waals surface area (Å²) < 4.78 is 0. The van der Waals surface area contributed by atoms with E-state index in [9.17, 15) is 0 Å². The molecule has 0 spiro atoms. The van der Waals surface area contributed by atoms with Gasteiger partial charge >= 0.3 is 0 Å². The maximum atomic E-state index is 2.41. The van der Waals surface area contributed by atoms with E-state index in [2.05, 4.69) is 121 Å². The standard InChI is InChI=1S/C36H20/c1-2-7-27-21(4-1)10-13-29-28(27)16-17-31-30(29)14-12-24-19-34-26(20-33(24)31)18-25-9-8-22-5-3-6-23-11-15-32(34)36(25)35(22)23/h1-20H. The van der Waals surface area contributed by atoms with Crippen molar-refractivity contribution in [1.29, 1.82) is 0 Å². The zero-order valence-electron chi connectivity index (χ0n) is 19.5. The van der Waals surface area contributed by atoms with E-state index in [1.54, 1.807) is 0 Å². The molecule has 9 aromatic rings. The van der Waals surface area contributed by atoms with Crippen LogP contribution in [-0.4, -0.2) is 0 Å². The quantitative estimate of drug-likeness (QED) is 0.159. The molecule has 0 aliphatic heterocycles. The van der Waals surface area contributed by atoms with E-state index in [1.807, 2.05) is 0 Å². The predicted molar refractivity (Wildman–Crippen MR) is 158 cm³/mol. The van der Waals surface area contributed by atoms with Crippen molar-refractivity contribution in [2.24, 2.45) is 0 Å². The highest BCUT2D eigenvalue weighted by Crippen LogP contribution is 2.41. The summed E-state index contributed by atoms with van der Waals surface area (Å²) in [6.07, 6.45) is 0. The molecule has 0 atom stereocenters. The van der Waals surface area contributed by atoms with Crippen LogP contribution in [0.1, 0.15) is 0 Å². The molecule has 9 rings (SSSR count). The summed E-state index contributed by atoms with van der Waals surface area (Å²) in [5.74, 6) is 0. The molecule has 0 aliphatic carbocycles. The van der Waals surface area contributed by atoms with Crippen molar-refractivity contribution in [2.75, 3.05) is 0 Å². The van der Waals surface area contributed by atoms with Gasteiger partial charge in [-0.15, -0.1) is 0 Å². The largest absolute Gasteiger partial charge is 0.0616 e. The summed E-state index contributed by atoms with van der Waals surface area (Å²) in [6.45, 7) is 0. The summed E-state index contributed by atoms with van der Waals surface area (Å²) in [4.78, 5) is 0. The maximum Gasteiger partial charge on any atom is -0.00203 e. The topological polar surface area (TPSA) is 0 Å². The van der Waals surface area contributed by atoms with Gasteiger partial charge in [-0.05, 0) is 104 Å². The van der Waals surface area contributed by atoms with Crippen LogP contribution in [0.2, 0.25) is 0 Å². The first-order valence-electron chi connectivity index (χ1n) is 12.6. The van der Waals surface area contributed by atoms with Crippen LogP contribution >= 0.6 is 0 Å². The fraction of sp³-hybridized carbons (Fsp3) is 0. The minimum absolute atomic E-state index is 1.29. The van der Waals surface area contributed by atoms with Crippen LogP contribution in [0.4, 0.5) is 0 Å². The molecule has 164 valence electrons. The van der Waals surface area contributed by atoms with E-state index in [-0.39, 0.29) is 0 Å². The van der Waals surface area contributed by atoms with Gasteiger partial charge in [0.1, 0.15) is 0 Å². The van der Waals surface area contributed by atoms with Crippen LogP contribution in [0.25, 0.3) is 86.2 Å². The minimum atomic E-state index is 1.29. The molecule has 0 aromatic heterocycles. The van der Waals surface area contributed by atoms with Gasteiger partial charge in [-0.25, -0.2) is 0 Å². The monoisotopic (exact) mass is 452 g/mol. The van der Waals surface area contributed by atoms with Crippen molar-refractivity contribution in [3.05, 3.63) is 121 Å². The van der Waals surface area contributed by atoms with Crippen molar-refractivity contribution in [3.63, 3.8) is 0 Å². The molecule has 0 amide bonds. The van der Waals surface area contributed by atoms with Gasteiger partial charge < -0.3 is 0 Å². The number of hydrogen-bond donors (Lipinski definition) is 0. The van der Waals surface area contributed by atoms with Gasteiger partial charge in [0.15, 0.2) is 0 Å². The van der Waals surface area contributed by atoms with Gasteiger partial charge in [-0.1, -0.05) is 103 Å². The summed E-state index contributed by atoms with van der Waals surface area (Å²) in [7, 11) is 0. The fourth-order valence-electron chi connectivity index (χ4n) is 6.68. The summed E-state index contributed by atoms with van der Waals surface area (Å²) >= 11 is 0. The fourth-order valence-corrected chi connectivity index (χ4v) is 6.68. The Kier molecular flexibility index (Phi) is 3.36. The Morgan fingerprint density at radius 3 is 1.61 bits per heavy atom. The lowest BCUT2D eigenvalue weighted by Crippen LogP contribution is -1.87. The Bertz CT molecular complexity index is 2340. The van der Waals surface area contributed by atoms with Crippen LogP contribution in [-0.2, 0) is 0 Å². The highest BCUT2D eigenvalue weighted by molar-refractivity contribution is 6.31. The SMILES string of the molecule is c1ccc2c(c1)ccc1c2ccc2c3cc4cc5ccc6cccc7ccc(c4cc3ccc21)c5c67. The third kappa shape index (κ3) is 2.29. The van der Waals surface area contributed by atoms with Crippen molar-refractivity contribution >= 4 is 86.2 Å². The Hall–Kier alpha value is -4.68. The van der Waals surface area contributed by atoms with Crippen molar-refractivity contribution in [3.8, 4) is 0 Å². The van der Waals surface area contributed by atoms with Gasteiger partial charge in [-0.3, -0.25) is 0 Å². The van der Waals surface area contributed by atoms with E-state index >= 15 is 0 Å². The first kappa shape index (κ1) is 18.6. The second-order valence-corrected chi connectivity index (χ2v) is 10.1. The smallest absolute Gasteiger partial charge is 0.00203 e. The normalized spacial score (nSPS) is 12.4. The molecule has 0 bridgehead atoms. The van der Waals surface area contributed by atoms with Crippen LogP contribution in [0.15, 0.2) is 121 Å². The van der Waals surface area contributed by atoms with Gasteiger partial charge in [-0.2, -0.15) is 0 Å². The molecule has 0 radical (unpaired) electrons. The lowest BCUT2D eigenvalue weighted by atomic mass is 9.89. The minimum Gasteiger partial charge on any atom is -0.0616 e. The van der Waals surface area contributed by atoms with Gasteiger partial charge in [0.2, 0.25) is 0 Å². The second-order valence-electron chi connectivity index (χ2n) is 10.1. The van der Waals surface area contributed by atoms with E-state index in [4.69, 9.17) is 0 Å². The average molecular weight is 453 g/mol. The Labute approximate surface area is 207 Å². The molecule has 0 N–H and O–H groups in total. The molecule has 0 heterocycles. The molecule has 0 unspecified atom stereocenters. The molecular weight excluding hydrogens is 432 g/mol. The average Bonchev–Trinajstić information content (AvgIpc) is 2.94. The van der Waals surface area contributed by atoms with Gasteiger partial charge in [0, 0.05) is 0 Å². The Morgan fingerprint density at radius 2 is 0.750 bits per heavy atom. The van der Waals surface area contributed by atoms with E-state index in [0.717, 1.165) is 0 Å². The highest BCUT2D eigenvalue weighted by atomic mass is 14.2. The zero-order chi connectivity index (χ0) is 23.4. The maximum absolute atomic E-state index is 2.41. The second kappa shape index (κ2) is 6.50. The molecular formula is C36H20.